The lowest BCUT2D eigenvalue weighted by molar-refractivity contribution is 0.669. The van der Waals surface area contributed by atoms with Crippen molar-refractivity contribution in [1.29, 1.82) is 0 Å². The molecule has 0 atom stereocenters. The summed E-state index contributed by atoms with van der Waals surface area (Å²) in [5.41, 5.74) is 15.1. The summed E-state index contributed by atoms with van der Waals surface area (Å²) in [6.07, 6.45) is 0. The van der Waals surface area contributed by atoms with Crippen molar-refractivity contribution >= 4 is 144 Å². The smallest absolute Gasteiger partial charge is 0.253 e. The van der Waals surface area contributed by atoms with Crippen LogP contribution in [0.25, 0.3) is 97.7 Å². The molecule has 3 heterocycles. The van der Waals surface area contributed by atoms with E-state index in [4.69, 9.17) is 4.42 Å². The molecule has 2 aliphatic rings. The fourth-order valence-corrected chi connectivity index (χ4v) is 12.4. The molecular formula is C62H35BN2O. The summed E-state index contributed by atoms with van der Waals surface area (Å²) >= 11 is 0. The van der Waals surface area contributed by atoms with Gasteiger partial charge in [-0.25, -0.2) is 0 Å². The van der Waals surface area contributed by atoms with Crippen LogP contribution >= 0.6 is 0 Å². The maximum absolute atomic E-state index is 6.56. The summed E-state index contributed by atoms with van der Waals surface area (Å²) in [7, 11) is 0. The fraction of sp³-hybridized carbons (Fsp3) is 0. The van der Waals surface area contributed by atoms with E-state index in [1.54, 1.807) is 0 Å². The number of rotatable bonds is 3. The number of nitrogens with zero attached hydrogens (tertiary/aromatic N) is 2. The molecule has 0 aliphatic carbocycles. The van der Waals surface area contributed by atoms with Gasteiger partial charge in [-0.05, 0) is 159 Å². The first-order chi connectivity index (χ1) is 32.7. The number of para-hydroxylation sites is 3. The summed E-state index contributed by atoms with van der Waals surface area (Å²) in [5.74, 6) is 0. The van der Waals surface area contributed by atoms with Gasteiger partial charge in [0.25, 0.3) is 6.71 Å². The molecule has 2 aliphatic heterocycles. The van der Waals surface area contributed by atoms with Gasteiger partial charge in [0.2, 0.25) is 0 Å². The van der Waals surface area contributed by atoms with Crippen molar-refractivity contribution in [2.24, 2.45) is 0 Å². The summed E-state index contributed by atoms with van der Waals surface area (Å²) < 4.78 is 6.56. The van der Waals surface area contributed by atoms with Gasteiger partial charge in [-0.15, -0.1) is 0 Å². The minimum atomic E-state index is -0.0963. The van der Waals surface area contributed by atoms with Crippen LogP contribution in [0.1, 0.15) is 0 Å². The largest absolute Gasteiger partial charge is 0.456 e. The van der Waals surface area contributed by atoms with Crippen molar-refractivity contribution in [1.82, 2.24) is 0 Å². The van der Waals surface area contributed by atoms with Crippen LogP contribution in [-0.2, 0) is 0 Å². The third-order valence-corrected chi connectivity index (χ3v) is 15.0. The Hall–Kier alpha value is -8.60. The molecule has 0 spiro atoms. The van der Waals surface area contributed by atoms with Crippen molar-refractivity contribution in [2.75, 3.05) is 9.80 Å². The Balaban J connectivity index is 1.10. The van der Waals surface area contributed by atoms with E-state index >= 15 is 0 Å². The maximum atomic E-state index is 6.56. The zero-order valence-corrected chi connectivity index (χ0v) is 35.6. The van der Waals surface area contributed by atoms with Gasteiger partial charge in [0.15, 0.2) is 0 Å². The Morgan fingerprint density at radius 3 is 1.30 bits per heavy atom. The molecule has 0 radical (unpaired) electrons. The zero-order chi connectivity index (χ0) is 42.8. The molecule has 13 aromatic carbocycles. The summed E-state index contributed by atoms with van der Waals surface area (Å²) in [4.78, 5) is 5.12. The predicted octanol–water partition coefficient (Wildman–Crippen LogP) is 15.1. The Morgan fingerprint density at radius 1 is 0.288 bits per heavy atom. The SMILES string of the molecule is c1ccc(N2c3cc(-c4ccc5c(c4)oc4ccccc45)cc4c3B(c3c2cc2ccc5cccc6ccc3c2c56)c2c(cc3ccc5cccc6ccc2c3c56)N4c2ccccc2)cc1. The molecule has 0 fully saturated rings. The van der Waals surface area contributed by atoms with Crippen LogP contribution < -0.4 is 26.2 Å². The first kappa shape index (κ1) is 34.8. The van der Waals surface area contributed by atoms with E-state index in [0.29, 0.717) is 0 Å². The summed E-state index contributed by atoms with van der Waals surface area (Å²) in [6, 6.07) is 79.4. The molecule has 0 amide bonds. The second-order valence-corrected chi connectivity index (χ2v) is 18.3. The number of furan rings is 1. The van der Waals surface area contributed by atoms with E-state index in [1.807, 2.05) is 6.07 Å². The molecule has 0 saturated heterocycles. The van der Waals surface area contributed by atoms with E-state index in [-0.39, 0.29) is 6.71 Å². The van der Waals surface area contributed by atoms with Crippen LogP contribution in [0, 0.1) is 0 Å². The third-order valence-electron chi connectivity index (χ3n) is 15.0. The highest BCUT2D eigenvalue weighted by Gasteiger charge is 2.46. The van der Waals surface area contributed by atoms with Crippen LogP contribution in [0.15, 0.2) is 217 Å². The van der Waals surface area contributed by atoms with Gasteiger partial charge in [0.05, 0.1) is 0 Å². The number of fused-ring (bicyclic) bond motifs is 9. The summed E-state index contributed by atoms with van der Waals surface area (Å²) in [6.45, 7) is -0.0963. The molecule has 14 aromatic rings. The molecule has 0 bridgehead atoms. The highest BCUT2D eigenvalue weighted by molar-refractivity contribution is 7.03. The van der Waals surface area contributed by atoms with Gasteiger partial charge < -0.3 is 14.2 Å². The second-order valence-electron chi connectivity index (χ2n) is 18.3. The Bertz CT molecular complexity index is 4110. The normalized spacial score (nSPS) is 13.4. The number of anilines is 6. The number of benzene rings is 13. The lowest BCUT2D eigenvalue weighted by Gasteiger charge is -2.45. The topological polar surface area (TPSA) is 19.6 Å². The van der Waals surface area contributed by atoms with Gasteiger partial charge >= 0.3 is 0 Å². The first-order valence-corrected chi connectivity index (χ1v) is 22.9. The average Bonchev–Trinajstić information content (AvgIpc) is 3.75. The highest BCUT2D eigenvalue weighted by Crippen LogP contribution is 2.50. The quantitative estimate of drug-likeness (QED) is 0.131. The molecule has 302 valence electrons. The molecule has 0 unspecified atom stereocenters. The minimum Gasteiger partial charge on any atom is -0.456 e. The second kappa shape index (κ2) is 12.6. The lowest BCUT2D eigenvalue weighted by atomic mass is 9.32. The van der Waals surface area contributed by atoms with Crippen molar-refractivity contribution in [3.63, 3.8) is 0 Å². The van der Waals surface area contributed by atoms with Crippen molar-refractivity contribution in [3.05, 3.63) is 212 Å². The average molecular weight is 835 g/mol. The molecule has 3 nitrogen and oxygen atoms in total. The predicted molar refractivity (Wildman–Crippen MR) is 281 cm³/mol. The van der Waals surface area contributed by atoms with Crippen LogP contribution in [0.4, 0.5) is 34.1 Å². The highest BCUT2D eigenvalue weighted by atomic mass is 16.3. The molecule has 0 N–H and O–H groups in total. The van der Waals surface area contributed by atoms with E-state index in [2.05, 4.69) is 216 Å². The standard InChI is InChI=1S/C62H35BN2O/c1-3-15-44(16-4-1)64-50-31-41-23-21-36-11-9-13-38-25-29-48(58(41)56(36)38)60(50)63-61-49-30-26-39-14-10-12-37-22-24-42(59(49)57(37)39)32-51(61)65(45-17-5-2-6-18-45)53-34-43(33-52(64)62(53)63)40-27-28-47-46-19-7-8-20-54(46)66-55(47)35-40/h1-35H. The Morgan fingerprint density at radius 2 is 0.742 bits per heavy atom. The monoisotopic (exact) mass is 834 g/mol. The zero-order valence-electron chi connectivity index (χ0n) is 35.6. The molecule has 1 aromatic heterocycles. The molecular weight excluding hydrogens is 800 g/mol. The van der Waals surface area contributed by atoms with Gasteiger partial charge in [-0.3, -0.25) is 0 Å². The fourth-order valence-electron chi connectivity index (χ4n) is 12.4. The van der Waals surface area contributed by atoms with Crippen LogP contribution in [-0.4, -0.2) is 6.71 Å². The lowest BCUT2D eigenvalue weighted by Crippen LogP contribution is -2.61. The van der Waals surface area contributed by atoms with E-state index < -0.39 is 0 Å². The summed E-state index contributed by atoms with van der Waals surface area (Å²) in [5, 5.41) is 17.8. The molecule has 16 rings (SSSR count). The molecule has 66 heavy (non-hydrogen) atoms. The Labute approximate surface area is 379 Å². The number of hydrogen-bond donors (Lipinski definition) is 0. The molecule has 0 saturated carbocycles. The van der Waals surface area contributed by atoms with Crippen molar-refractivity contribution in [3.8, 4) is 11.1 Å². The van der Waals surface area contributed by atoms with E-state index in [0.717, 1.165) is 44.4 Å². The maximum Gasteiger partial charge on any atom is 0.253 e. The number of hydrogen-bond acceptors (Lipinski definition) is 3. The van der Waals surface area contributed by atoms with Gasteiger partial charge in [-0.1, -0.05) is 146 Å². The van der Waals surface area contributed by atoms with Crippen LogP contribution in [0.3, 0.4) is 0 Å². The van der Waals surface area contributed by atoms with Crippen LogP contribution in [0.5, 0.6) is 0 Å². The van der Waals surface area contributed by atoms with Gasteiger partial charge in [0.1, 0.15) is 11.2 Å². The molecule has 4 heteroatoms. The first-order valence-electron chi connectivity index (χ1n) is 22.9. The third kappa shape index (κ3) is 4.48. The minimum absolute atomic E-state index is 0.0963. The van der Waals surface area contributed by atoms with E-state index in [9.17, 15) is 0 Å². The van der Waals surface area contributed by atoms with Crippen LogP contribution in [0.2, 0.25) is 0 Å². The van der Waals surface area contributed by atoms with Gasteiger partial charge in [0, 0.05) is 44.9 Å². The van der Waals surface area contributed by atoms with Crippen molar-refractivity contribution < 1.29 is 4.42 Å². The van der Waals surface area contributed by atoms with Gasteiger partial charge in [-0.2, -0.15) is 0 Å². The van der Waals surface area contributed by atoms with Crippen molar-refractivity contribution in [2.45, 2.75) is 0 Å². The Kier molecular flexibility index (Phi) is 6.63. The van der Waals surface area contributed by atoms with E-state index in [1.165, 1.54) is 104 Å².